The quantitative estimate of drug-likeness (QED) is 0.619. The van der Waals surface area contributed by atoms with E-state index in [1.807, 2.05) is 0 Å². The third-order valence-corrected chi connectivity index (χ3v) is 6.83. The maximum absolute atomic E-state index is 13.1. The van der Waals surface area contributed by atoms with Gasteiger partial charge in [-0.15, -0.1) is 5.10 Å². The van der Waals surface area contributed by atoms with Gasteiger partial charge in [-0.05, 0) is 65.4 Å². The molecule has 0 unspecified atom stereocenters. The topological polar surface area (TPSA) is 101 Å². The van der Waals surface area contributed by atoms with Crippen molar-refractivity contribution in [3.05, 3.63) is 66.2 Å². The lowest BCUT2D eigenvalue weighted by molar-refractivity contribution is 0.0764. The van der Waals surface area contributed by atoms with Crippen LogP contribution in [0.15, 0.2) is 59.8 Å². The molecule has 3 aromatic rings. The van der Waals surface area contributed by atoms with E-state index in [4.69, 9.17) is 0 Å². The highest BCUT2D eigenvalue weighted by molar-refractivity contribution is 7.89. The number of hydrogen-bond donors (Lipinski definition) is 0. The van der Waals surface area contributed by atoms with Crippen molar-refractivity contribution in [3.63, 3.8) is 0 Å². The molecule has 1 aliphatic rings. The summed E-state index contributed by atoms with van der Waals surface area (Å²) in [6.45, 7) is 1.19. The zero-order chi connectivity index (χ0) is 21.1. The van der Waals surface area contributed by atoms with Crippen LogP contribution in [-0.2, 0) is 10.0 Å². The molecule has 1 amide bonds. The molecule has 0 saturated carbocycles. The zero-order valence-electron chi connectivity index (χ0n) is 15.9. The van der Waals surface area contributed by atoms with Gasteiger partial charge in [0.2, 0.25) is 10.0 Å². The zero-order valence-corrected chi connectivity index (χ0v) is 16.7. The van der Waals surface area contributed by atoms with E-state index >= 15 is 0 Å². The van der Waals surface area contributed by atoms with Crippen LogP contribution >= 0.6 is 0 Å². The summed E-state index contributed by atoms with van der Waals surface area (Å²) < 4.78 is 41.6. The van der Waals surface area contributed by atoms with Crippen LogP contribution < -0.4 is 0 Å². The summed E-state index contributed by atoms with van der Waals surface area (Å²) in [6.07, 6.45) is 1.97. The second-order valence-electron chi connectivity index (χ2n) is 6.81. The number of sulfonamides is 1. The molecule has 9 nitrogen and oxygen atoms in total. The summed E-state index contributed by atoms with van der Waals surface area (Å²) in [5, 5.41) is 11.0. The summed E-state index contributed by atoms with van der Waals surface area (Å²) >= 11 is 0. The monoisotopic (exact) mass is 430 g/mol. The standard InChI is InChI=1S/C19H19FN6O3S/c20-16-4-8-18(9-5-16)30(28,29)25-11-1-10-24(12-13-25)19(27)15-2-6-17(7-3-15)26-14-21-22-23-26/h2-9,14H,1,10-13H2. The molecule has 4 rings (SSSR count). The van der Waals surface area contributed by atoms with Gasteiger partial charge in [-0.2, -0.15) is 4.31 Å². The van der Waals surface area contributed by atoms with E-state index < -0.39 is 15.8 Å². The lowest BCUT2D eigenvalue weighted by Crippen LogP contribution is -2.37. The van der Waals surface area contributed by atoms with E-state index in [9.17, 15) is 17.6 Å². The van der Waals surface area contributed by atoms with Crippen molar-refractivity contribution >= 4 is 15.9 Å². The second-order valence-corrected chi connectivity index (χ2v) is 8.74. The maximum Gasteiger partial charge on any atom is 0.253 e. The smallest absolute Gasteiger partial charge is 0.253 e. The molecule has 0 radical (unpaired) electrons. The number of halogens is 1. The Kier molecular flexibility index (Phi) is 5.55. The molecule has 156 valence electrons. The second kappa shape index (κ2) is 8.28. The number of amides is 1. The number of carbonyl (C=O) groups excluding carboxylic acids is 1. The van der Waals surface area contributed by atoms with E-state index in [0.717, 1.165) is 17.8 Å². The lowest BCUT2D eigenvalue weighted by atomic mass is 10.1. The first-order chi connectivity index (χ1) is 14.4. The van der Waals surface area contributed by atoms with Crippen molar-refractivity contribution in [2.75, 3.05) is 26.2 Å². The largest absolute Gasteiger partial charge is 0.337 e. The first-order valence-electron chi connectivity index (χ1n) is 9.33. The number of hydrogen-bond acceptors (Lipinski definition) is 6. The van der Waals surface area contributed by atoms with Crippen LogP contribution in [0.2, 0.25) is 0 Å². The molecular formula is C19H19FN6O3S. The van der Waals surface area contributed by atoms with E-state index in [2.05, 4.69) is 15.5 Å². The van der Waals surface area contributed by atoms with Gasteiger partial charge in [-0.25, -0.2) is 17.5 Å². The fourth-order valence-electron chi connectivity index (χ4n) is 3.31. The first-order valence-corrected chi connectivity index (χ1v) is 10.8. The lowest BCUT2D eigenvalue weighted by Gasteiger charge is -2.22. The summed E-state index contributed by atoms with van der Waals surface area (Å²) in [7, 11) is -3.74. The minimum atomic E-state index is -3.74. The Labute approximate surface area is 172 Å². The van der Waals surface area contributed by atoms with Gasteiger partial charge in [0.1, 0.15) is 12.1 Å². The number of nitrogens with zero attached hydrogens (tertiary/aromatic N) is 6. The molecule has 0 aliphatic carbocycles. The Morgan fingerprint density at radius 1 is 0.933 bits per heavy atom. The van der Waals surface area contributed by atoms with Gasteiger partial charge >= 0.3 is 0 Å². The van der Waals surface area contributed by atoms with Gasteiger partial charge in [-0.1, -0.05) is 0 Å². The predicted molar refractivity (Wildman–Crippen MR) is 105 cm³/mol. The van der Waals surface area contributed by atoms with Crippen molar-refractivity contribution in [1.82, 2.24) is 29.4 Å². The van der Waals surface area contributed by atoms with Crippen LogP contribution in [0.3, 0.4) is 0 Å². The highest BCUT2D eigenvalue weighted by Gasteiger charge is 2.28. The van der Waals surface area contributed by atoms with E-state index in [1.54, 1.807) is 29.2 Å². The summed E-state index contributed by atoms with van der Waals surface area (Å²) in [6, 6.07) is 11.6. The SMILES string of the molecule is O=C(c1ccc(-n2cnnn2)cc1)N1CCCN(S(=O)(=O)c2ccc(F)cc2)CC1. The summed E-state index contributed by atoms with van der Waals surface area (Å²) in [4.78, 5) is 14.6. The van der Waals surface area contributed by atoms with Crippen molar-refractivity contribution in [2.45, 2.75) is 11.3 Å². The molecule has 0 bridgehead atoms. The van der Waals surface area contributed by atoms with Gasteiger partial charge < -0.3 is 4.90 Å². The predicted octanol–water partition coefficient (Wildman–Crippen LogP) is 1.34. The van der Waals surface area contributed by atoms with Gasteiger partial charge in [0.25, 0.3) is 5.91 Å². The van der Waals surface area contributed by atoms with Crippen molar-refractivity contribution in [1.29, 1.82) is 0 Å². The molecule has 1 aliphatic heterocycles. The minimum absolute atomic E-state index is 0.0434. The van der Waals surface area contributed by atoms with Crippen LogP contribution in [0.25, 0.3) is 5.69 Å². The molecule has 1 saturated heterocycles. The number of rotatable bonds is 4. The molecule has 1 aromatic heterocycles. The fraction of sp³-hybridized carbons (Fsp3) is 0.263. The number of carbonyl (C=O) groups is 1. The average Bonchev–Trinajstić information content (AvgIpc) is 3.17. The average molecular weight is 430 g/mol. The molecule has 2 heterocycles. The van der Waals surface area contributed by atoms with Crippen LogP contribution in [0.1, 0.15) is 16.8 Å². The number of aromatic nitrogens is 4. The minimum Gasteiger partial charge on any atom is -0.337 e. The Hall–Kier alpha value is -3.18. The number of benzene rings is 2. The molecule has 1 fully saturated rings. The Morgan fingerprint density at radius 3 is 2.33 bits per heavy atom. The fourth-order valence-corrected chi connectivity index (χ4v) is 4.78. The first kappa shape index (κ1) is 20.1. The van der Waals surface area contributed by atoms with Gasteiger partial charge in [-0.3, -0.25) is 4.79 Å². The summed E-state index contributed by atoms with van der Waals surface area (Å²) in [5.41, 5.74) is 1.23. The Bertz CT molecular complexity index is 1120. The van der Waals surface area contributed by atoms with Gasteiger partial charge in [0, 0.05) is 31.7 Å². The summed E-state index contributed by atoms with van der Waals surface area (Å²) in [5.74, 6) is -0.660. The third kappa shape index (κ3) is 4.07. The van der Waals surface area contributed by atoms with Crippen LogP contribution in [-0.4, -0.2) is 69.9 Å². The Morgan fingerprint density at radius 2 is 1.67 bits per heavy atom. The van der Waals surface area contributed by atoms with Crippen LogP contribution in [0, 0.1) is 5.82 Å². The molecule has 30 heavy (non-hydrogen) atoms. The van der Waals surface area contributed by atoms with Crippen molar-refractivity contribution < 1.29 is 17.6 Å². The molecule has 0 atom stereocenters. The van der Waals surface area contributed by atoms with Crippen LogP contribution in [0.4, 0.5) is 4.39 Å². The molecule has 2 aromatic carbocycles. The number of tetrazole rings is 1. The van der Waals surface area contributed by atoms with E-state index in [-0.39, 0.29) is 23.9 Å². The molecule has 0 N–H and O–H groups in total. The highest BCUT2D eigenvalue weighted by atomic mass is 32.2. The van der Waals surface area contributed by atoms with E-state index in [1.165, 1.54) is 27.4 Å². The molecular weight excluding hydrogens is 411 g/mol. The maximum atomic E-state index is 13.1. The normalized spacial score (nSPS) is 15.7. The van der Waals surface area contributed by atoms with Crippen molar-refractivity contribution in [3.8, 4) is 5.69 Å². The third-order valence-electron chi connectivity index (χ3n) is 4.92. The molecule has 0 spiro atoms. The van der Waals surface area contributed by atoms with Gasteiger partial charge in [0.05, 0.1) is 10.6 Å². The van der Waals surface area contributed by atoms with Crippen LogP contribution in [0.5, 0.6) is 0 Å². The Balaban J connectivity index is 1.45. The van der Waals surface area contributed by atoms with Gasteiger partial charge in [0.15, 0.2) is 0 Å². The highest BCUT2D eigenvalue weighted by Crippen LogP contribution is 2.19. The van der Waals surface area contributed by atoms with Crippen molar-refractivity contribution in [2.24, 2.45) is 0 Å². The van der Waals surface area contributed by atoms with E-state index in [0.29, 0.717) is 25.1 Å². The molecule has 11 heteroatoms.